The molecule has 1 aromatic carbocycles. The Morgan fingerprint density at radius 1 is 0.905 bits per heavy atom. The van der Waals surface area contributed by atoms with Crippen molar-refractivity contribution in [2.45, 2.75) is 70.4 Å². The van der Waals surface area contributed by atoms with Gasteiger partial charge in [-0.25, -0.2) is 4.39 Å². The third-order valence-electron chi connectivity index (χ3n) is 7.72. The van der Waals surface area contributed by atoms with Crippen LogP contribution in [0.3, 0.4) is 0 Å². The fourth-order valence-electron chi connectivity index (χ4n) is 5.41. The lowest BCUT2D eigenvalue weighted by atomic mass is 9.89. The van der Waals surface area contributed by atoms with Gasteiger partial charge in [0.1, 0.15) is 6.61 Å². The smallest absolute Gasteiger partial charge is 0.233 e. The van der Waals surface area contributed by atoms with E-state index in [1.807, 2.05) is 0 Å². The second-order valence-electron chi connectivity index (χ2n) is 10.9. The molecule has 2 heterocycles. The van der Waals surface area contributed by atoms with Gasteiger partial charge in [-0.2, -0.15) is 15.0 Å². The Labute approximate surface area is 249 Å². The minimum Gasteiger partial charge on any atom is -0.488 e. The molecular formula is C30H48FN7O4. The highest BCUT2D eigenvalue weighted by Gasteiger charge is 2.24. The normalized spacial score (nSPS) is 18.1. The van der Waals surface area contributed by atoms with Crippen LogP contribution in [0.2, 0.25) is 0 Å². The molecule has 2 atom stereocenters. The van der Waals surface area contributed by atoms with E-state index in [0.717, 1.165) is 25.9 Å². The summed E-state index contributed by atoms with van der Waals surface area (Å²) in [7, 11) is 1.63. The number of ether oxygens (including phenoxy) is 4. The summed E-state index contributed by atoms with van der Waals surface area (Å²) >= 11 is 0. The van der Waals surface area contributed by atoms with Crippen molar-refractivity contribution in [3.8, 4) is 5.75 Å². The van der Waals surface area contributed by atoms with Gasteiger partial charge < -0.3 is 40.2 Å². The summed E-state index contributed by atoms with van der Waals surface area (Å²) in [5.41, 5.74) is 0.518. The quantitative estimate of drug-likeness (QED) is 0.170. The largest absolute Gasteiger partial charge is 0.488 e. The summed E-state index contributed by atoms with van der Waals surface area (Å²) in [6, 6.07) is 5.29. The Bertz CT molecular complexity index is 1050. The summed E-state index contributed by atoms with van der Waals surface area (Å²) in [5, 5.41) is 13.7. The number of benzene rings is 1. The first kappa shape index (κ1) is 32.1. The molecule has 0 amide bonds. The lowest BCUT2D eigenvalue weighted by molar-refractivity contribution is 0.0177. The average molecular weight is 590 g/mol. The molecule has 1 saturated heterocycles. The molecule has 0 spiro atoms. The lowest BCUT2D eigenvalue weighted by Gasteiger charge is -2.24. The highest BCUT2D eigenvalue weighted by Crippen LogP contribution is 2.26. The summed E-state index contributed by atoms with van der Waals surface area (Å²) in [6.45, 7) is 6.58. The predicted molar refractivity (Wildman–Crippen MR) is 162 cm³/mol. The molecule has 234 valence electrons. The molecule has 0 bridgehead atoms. The van der Waals surface area contributed by atoms with Gasteiger partial charge in [-0.1, -0.05) is 26.2 Å². The number of anilines is 4. The second kappa shape index (κ2) is 18.0. The van der Waals surface area contributed by atoms with Gasteiger partial charge in [0.25, 0.3) is 0 Å². The number of hydrogen-bond acceptors (Lipinski definition) is 11. The Morgan fingerprint density at radius 2 is 1.64 bits per heavy atom. The molecule has 2 aliphatic rings. The molecule has 4 N–H and O–H groups in total. The summed E-state index contributed by atoms with van der Waals surface area (Å²) in [6.07, 6.45) is 9.55. The molecule has 42 heavy (non-hydrogen) atoms. The lowest BCUT2D eigenvalue weighted by Crippen LogP contribution is -2.40. The molecule has 11 nitrogen and oxygen atoms in total. The van der Waals surface area contributed by atoms with E-state index in [2.05, 4.69) is 38.2 Å². The Morgan fingerprint density at radius 3 is 2.36 bits per heavy atom. The zero-order chi connectivity index (χ0) is 29.4. The van der Waals surface area contributed by atoms with Crippen LogP contribution in [0.25, 0.3) is 0 Å². The molecule has 0 radical (unpaired) electrons. The first-order valence-electron chi connectivity index (χ1n) is 15.5. The maximum atomic E-state index is 14.9. The molecule has 2 aromatic rings. The second-order valence-corrected chi connectivity index (χ2v) is 10.9. The third-order valence-corrected chi connectivity index (χ3v) is 7.72. The van der Waals surface area contributed by atoms with E-state index < -0.39 is 5.82 Å². The molecule has 2 unspecified atom stereocenters. The van der Waals surface area contributed by atoms with Crippen LogP contribution in [0.5, 0.6) is 5.75 Å². The van der Waals surface area contributed by atoms with Gasteiger partial charge in [0.05, 0.1) is 33.0 Å². The van der Waals surface area contributed by atoms with Crippen LogP contribution in [0.1, 0.15) is 58.3 Å². The van der Waals surface area contributed by atoms with E-state index >= 15 is 0 Å². The first-order chi connectivity index (χ1) is 20.6. The minimum absolute atomic E-state index is 0.156. The van der Waals surface area contributed by atoms with Crippen molar-refractivity contribution in [1.29, 1.82) is 0 Å². The van der Waals surface area contributed by atoms with E-state index in [1.54, 1.807) is 19.2 Å². The van der Waals surface area contributed by atoms with Gasteiger partial charge in [0.2, 0.25) is 17.8 Å². The highest BCUT2D eigenvalue weighted by molar-refractivity contribution is 5.57. The molecule has 1 aliphatic heterocycles. The van der Waals surface area contributed by atoms with E-state index in [-0.39, 0.29) is 18.4 Å². The van der Waals surface area contributed by atoms with Gasteiger partial charge in [-0.15, -0.1) is 0 Å². The number of methoxy groups -OCH3 is 1. The number of hydrogen-bond donors (Lipinski definition) is 4. The van der Waals surface area contributed by atoms with Crippen molar-refractivity contribution in [2.75, 3.05) is 75.8 Å². The van der Waals surface area contributed by atoms with Crippen LogP contribution < -0.4 is 26.0 Å². The van der Waals surface area contributed by atoms with Crippen LogP contribution in [-0.2, 0) is 14.2 Å². The number of aromatic nitrogens is 3. The maximum absolute atomic E-state index is 14.9. The van der Waals surface area contributed by atoms with Gasteiger partial charge in [0.15, 0.2) is 11.6 Å². The standard InChI is InChI=1S/C30H48FN7O4/c1-3-25(26-10-7-13-32-26)35-30-37-28(33-21-22-8-5-4-6-9-22)36-29(38-30)34-23-11-12-27(24(31)20-23)42-19-18-41-17-16-40-15-14-39-2/h11-12,20,22,25-26,32H,3-10,13-19,21H2,1-2H3,(H3,33,34,35,36,37,38). The van der Waals surface area contributed by atoms with Crippen molar-refractivity contribution in [3.63, 3.8) is 0 Å². The molecule has 2 fully saturated rings. The zero-order valence-corrected chi connectivity index (χ0v) is 25.1. The third kappa shape index (κ3) is 10.8. The monoisotopic (exact) mass is 589 g/mol. The predicted octanol–water partition coefficient (Wildman–Crippen LogP) is 4.75. The average Bonchev–Trinajstić information content (AvgIpc) is 3.54. The van der Waals surface area contributed by atoms with Crippen LogP contribution >= 0.6 is 0 Å². The first-order valence-corrected chi connectivity index (χ1v) is 15.5. The van der Waals surface area contributed by atoms with E-state index in [1.165, 1.54) is 44.6 Å². The van der Waals surface area contributed by atoms with Gasteiger partial charge >= 0.3 is 0 Å². The Kier molecular flexibility index (Phi) is 13.8. The molecular weight excluding hydrogens is 541 g/mol. The van der Waals surface area contributed by atoms with Crippen molar-refractivity contribution in [2.24, 2.45) is 5.92 Å². The van der Waals surface area contributed by atoms with Crippen molar-refractivity contribution in [3.05, 3.63) is 24.0 Å². The van der Waals surface area contributed by atoms with E-state index in [9.17, 15) is 4.39 Å². The number of halogens is 1. The number of rotatable bonds is 19. The van der Waals surface area contributed by atoms with Gasteiger partial charge in [0, 0.05) is 37.5 Å². The van der Waals surface area contributed by atoms with Crippen LogP contribution in [-0.4, -0.2) is 86.9 Å². The van der Waals surface area contributed by atoms with Crippen molar-refractivity contribution < 1.29 is 23.3 Å². The number of nitrogens with zero attached hydrogens (tertiary/aromatic N) is 3. The summed E-state index contributed by atoms with van der Waals surface area (Å²) in [4.78, 5) is 13.9. The maximum Gasteiger partial charge on any atom is 0.233 e. The van der Waals surface area contributed by atoms with Crippen molar-refractivity contribution >= 4 is 23.5 Å². The van der Waals surface area contributed by atoms with Crippen LogP contribution in [0.4, 0.5) is 27.9 Å². The van der Waals surface area contributed by atoms with Crippen LogP contribution in [0.15, 0.2) is 18.2 Å². The highest BCUT2D eigenvalue weighted by atomic mass is 19.1. The Balaban J connectivity index is 1.34. The SMILES string of the molecule is CCC(Nc1nc(NCC2CCCCC2)nc(Nc2ccc(OCCOCCOCCOC)c(F)c2)n1)C1CCCN1. The minimum atomic E-state index is -0.482. The van der Waals surface area contributed by atoms with Crippen LogP contribution in [0, 0.1) is 11.7 Å². The zero-order valence-electron chi connectivity index (χ0n) is 25.1. The molecule has 1 aliphatic carbocycles. The topological polar surface area (TPSA) is 124 Å². The van der Waals surface area contributed by atoms with E-state index in [4.69, 9.17) is 23.9 Å². The molecule has 1 aromatic heterocycles. The fourth-order valence-corrected chi connectivity index (χ4v) is 5.41. The summed E-state index contributed by atoms with van der Waals surface area (Å²) in [5.74, 6) is 1.66. The van der Waals surface area contributed by atoms with Crippen molar-refractivity contribution in [1.82, 2.24) is 20.3 Å². The number of nitrogens with one attached hydrogen (secondary N) is 4. The molecule has 12 heteroatoms. The molecule has 1 saturated carbocycles. The van der Waals surface area contributed by atoms with Gasteiger partial charge in [-0.3, -0.25) is 0 Å². The van der Waals surface area contributed by atoms with Gasteiger partial charge in [-0.05, 0) is 56.7 Å². The summed E-state index contributed by atoms with van der Waals surface area (Å²) < 4.78 is 36.1. The van der Waals surface area contributed by atoms with E-state index in [0.29, 0.717) is 68.5 Å². The molecule has 4 rings (SSSR count). The fraction of sp³-hybridized carbons (Fsp3) is 0.700. The Hall–Kier alpha value is -2.80.